The monoisotopic (exact) mass is 266 g/mol. The zero-order chi connectivity index (χ0) is 13.3. The van der Waals surface area contributed by atoms with Gasteiger partial charge in [0.1, 0.15) is 5.78 Å². The number of benzene rings is 1. The lowest BCUT2D eigenvalue weighted by Gasteiger charge is -2.06. The first kappa shape index (κ1) is 12.8. The van der Waals surface area contributed by atoms with E-state index in [1.54, 1.807) is 31.2 Å². The summed E-state index contributed by atoms with van der Waals surface area (Å²) in [4.78, 5) is 15.4. The van der Waals surface area contributed by atoms with Gasteiger partial charge in [0.2, 0.25) is 15.0 Å². The van der Waals surface area contributed by atoms with Gasteiger partial charge in [-0.2, -0.15) is 0 Å². The van der Waals surface area contributed by atoms with Crippen LogP contribution in [0.5, 0.6) is 0 Å². The molecule has 2 aromatic rings. The normalized spacial score (nSPS) is 11.9. The molecule has 0 N–H and O–H groups in total. The maximum Gasteiger partial charge on any atom is 0.229 e. The number of aromatic nitrogens is 2. The van der Waals surface area contributed by atoms with Crippen molar-refractivity contribution >= 4 is 26.7 Å². The predicted octanol–water partition coefficient (Wildman–Crippen LogP) is 1.42. The Morgan fingerprint density at radius 3 is 2.61 bits per heavy atom. The fourth-order valence-corrected chi connectivity index (χ4v) is 2.79. The number of hydrogen-bond acceptors (Lipinski definition) is 4. The Morgan fingerprint density at radius 1 is 1.33 bits per heavy atom. The van der Waals surface area contributed by atoms with E-state index in [2.05, 4.69) is 4.98 Å². The quantitative estimate of drug-likeness (QED) is 0.839. The molecule has 0 saturated heterocycles. The summed E-state index contributed by atoms with van der Waals surface area (Å²) in [6, 6.07) is 7.08. The SMILES string of the molecule is CCS(=O)(=O)c1nc2ccccc2n1CC(C)=O. The number of sulfone groups is 1. The highest BCUT2D eigenvalue weighted by Crippen LogP contribution is 2.20. The highest BCUT2D eigenvalue weighted by Gasteiger charge is 2.22. The number of hydrogen-bond donors (Lipinski definition) is 0. The second-order valence-corrected chi connectivity index (χ2v) is 6.25. The van der Waals surface area contributed by atoms with Gasteiger partial charge in [0.25, 0.3) is 0 Å². The molecule has 0 bridgehead atoms. The molecule has 0 spiro atoms. The highest BCUT2D eigenvalue weighted by molar-refractivity contribution is 7.91. The molecule has 1 heterocycles. The van der Waals surface area contributed by atoms with Gasteiger partial charge in [0.15, 0.2) is 0 Å². The summed E-state index contributed by atoms with van der Waals surface area (Å²) < 4.78 is 25.4. The van der Waals surface area contributed by atoms with E-state index in [1.807, 2.05) is 0 Å². The number of nitrogens with zero attached hydrogens (tertiary/aromatic N) is 2. The van der Waals surface area contributed by atoms with Crippen LogP contribution >= 0.6 is 0 Å². The molecule has 0 atom stereocenters. The van der Waals surface area contributed by atoms with Crippen LogP contribution in [0.1, 0.15) is 13.8 Å². The van der Waals surface area contributed by atoms with Crippen molar-refractivity contribution in [2.24, 2.45) is 0 Å². The van der Waals surface area contributed by atoms with Crippen molar-refractivity contribution in [1.29, 1.82) is 0 Å². The molecule has 0 amide bonds. The van der Waals surface area contributed by atoms with Gasteiger partial charge >= 0.3 is 0 Å². The first-order valence-corrected chi connectivity index (χ1v) is 7.28. The second-order valence-electron chi connectivity index (χ2n) is 4.07. The second kappa shape index (κ2) is 4.53. The molecule has 0 aliphatic carbocycles. The summed E-state index contributed by atoms with van der Waals surface area (Å²) in [6.45, 7) is 3.01. The molecule has 5 nitrogen and oxygen atoms in total. The number of fused-ring (bicyclic) bond motifs is 1. The van der Waals surface area contributed by atoms with Crippen LogP contribution in [0.4, 0.5) is 0 Å². The number of rotatable bonds is 4. The molecular formula is C12H14N2O3S. The van der Waals surface area contributed by atoms with Gasteiger partial charge in [-0.05, 0) is 19.1 Å². The molecule has 18 heavy (non-hydrogen) atoms. The van der Waals surface area contributed by atoms with Crippen molar-refractivity contribution < 1.29 is 13.2 Å². The van der Waals surface area contributed by atoms with Crippen molar-refractivity contribution in [3.05, 3.63) is 24.3 Å². The predicted molar refractivity (Wildman–Crippen MR) is 68.1 cm³/mol. The molecule has 0 saturated carbocycles. The first-order valence-electron chi connectivity index (χ1n) is 5.63. The van der Waals surface area contributed by atoms with Gasteiger partial charge in [-0.25, -0.2) is 13.4 Å². The molecule has 1 aromatic heterocycles. The summed E-state index contributed by atoms with van der Waals surface area (Å²) in [5, 5.41) is -0.0265. The van der Waals surface area contributed by atoms with Crippen LogP contribution in [0, 0.1) is 0 Å². The molecule has 0 aliphatic heterocycles. The molecule has 6 heteroatoms. The van der Waals surface area contributed by atoms with Crippen LogP contribution in [0.25, 0.3) is 11.0 Å². The summed E-state index contributed by atoms with van der Waals surface area (Å²) in [6.07, 6.45) is 0. The lowest BCUT2D eigenvalue weighted by molar-refractivity contribution is -0.117. The molecule has 0 radical (unpaired) electrons. The maximum absolute atomic E-state index is 12.0. The maximum atomic E-state index is 12.0. The number of ketones is 1. The molecule has 0 unspecified atom stereocenters. The molecule has 0 fully saturated rings. The van der Waals surface area contributed by atoms with Crippen molar-refractivity contribution in [3.63, 3.8) is 0 Å². The Labute approximate surface area is 105 Å². The first-order chi connectivity index (χ1) is 8.45. The minimum atomic E-state index is -3.44. The van der Waals surface area contributed by atoms with Gasteiger partial charge in [-0.1, -0.05) is 19.1 Å². The number of Topliss-reactive ketones (excluding diaryl/α,β-unsaturated/α-hetero) is 1. The Hall–Kier alpha value is -1.69. The van der Waals surface area contributed by atoms with Gasteiger partial charge in [0, 0.05) is 0 Å². The third-order valence-electron chi connectivity index (χ3n) is 2.66. The van der Waals surface area contributed by atoms with Crippen molar-refractivity contribution in [2.75, 3.05) is 5.75 Å². The third-order valence-corrected chi connectivity index (χ3v) is 4.29. The number of para-hydroxylation sites is 2. The fraction of sp³-hybridized carbons (Fsp3) is 0.333. The van der Waals surface area contributed by atoms with E-state index in [0.717, 1.165) is 0 Å². The lowest BCUT2D eigenvalue weighted by atomic mass is 10.3. The van der Waals surface area contributed by atoms with E-state index < -0.39 is 9.84 Å². The summed E-state index contributed by atoms with van der Waals surface area (Å²) in [5.41, 5.74) is 1.26. The smallest absolute Gasteiger partial charge is 0.229 e. The van der Waals surface area contributed by atoms with E-state index in [-0.39, 0.29) is 23.2 Å². The molecule has 96 valence electrons. The van der Waals surface area contributed by atoms with Crippen LogP contribution in [0.2, 0.25) is 0 Å². The molecule has 1 aromatic carbocycles. The van der Waals surface area contributed by atoms with Crippen LogP contribution in [-0.2, 0) is 21.2 Å². The molecule has 2 rings (SSSR count). The Balaban J connectivity index is 2.76. The van der Waals surface area contributed by atoms with E-state index in [0.29, 0.717) is 11.0 Å². The number of carbonyl (C=O) groups excluding carboxylic acids is 1. The molecule has 0 aliphatic rings. The summed E-state index contributed by atoms with van der Waals surface area (Å²) in [5.74, 6) is -0.139. The largest absolute Gasteiger partial charge is 0.307 e. The summed E-state index contributed by atoms with van der Waals surface area (Å²) >= 11 is 0. The Bertz CT molecular complexity index is 701. The third kappa shape index (κ3) is 2.15. The van der Waals surface area contributed by atoms with Crippen LogP contribution in [0.15, 0.2) is 29.4 Å². The average molecular weight is 266 g/mol. The zero-order valence-electron chi connectivity index (χ0n) is 10.3. The lowest BCUT2D eigenvalue weighted by Crippen LogP contribution is -2.15. The zero-order valence-corrected chi connectivity index (χ0v) is 11.1. The van der Waals surface area contributed by atoms with E-state index in [1.165, 1.54) is 11.5 Å². The van der Waals surface area contributed by atoms with Gasteiger partial charge in [0.05, 0.1) is 23.3 Å². The van der Waals surface area contributed by atoms with Crippen molar-refractivity contribution in [2.45, 2.75) is 25.5 Å². The van der Waals surface area contributed by atoms with Gasteiger partial charge in [-0.3, -0.25) is 4.79 Å². The van der Waals surface area contributed by atoms with E-state index in [4.69, 9.17) is 0 Å². The molecular weight excluding hydrogens is 252 g/mol. The van der Waals surface area contributed by atoms with Crippen LogP contribution in [-0.4, -0.2) is 29.5 Å². The van der Waals surface area contributed by atoms with E-state index in [9.17, 15) is 13.2 Å². The fourth-order valence-electron chi connectivity index (χ4n) is 1.80. The standard InChI is InChI=1S/C12H14N2O3S/c1-3-18(16,17)12-13-10-6-4-5-7-11(10)14(12)8-9(2)15/h4-7H,3,8H2,1-2H3. The number of imidazole rings is 1. The van der Waals surface area contributed by atoms with Gasteiger partial charge in [-0.15, -0.1) is 0 Å². The topological polar surface area (TPSA) is 69.0 Å². The van der Waals surface area contributed by atoms with Crippen LogP contribution in [0.3, 0.4) is 0 Å². The van der Waals surface area contributed by atoms with Crippen molar-refractivity contribution in [3.8, 4) is 0 Å². The Morgan fingerprint density at radius 2 is 2.00 bits per heavy atom. The minimum absolute atomic E-state index is 0.0229. The number of carbonyl (C=O) groups is 1. The summed E-state index contributed by atoms with van der Waals surface area (Å²) in [7, 11) is -3.44. The van der Waals surface area contributed by atoms with Gasteiger partial charge < -0.3 is 4.57 Å². The highest BCUT2D eigenvalue weighted by atomic mass is 32.2. The Kier molecular flexibility index (Phi) is 3.21. The average Bonchev–Trinajstić information content (AvgIpc) is 2.68. The van der Waals surface area contributed by atoms with E-state index >= 15 is 0 Å². The minimum Gasteiger partial charge on any atom is -0.307 e. The van der Waals surface area contributed by atoms with Crippen LogP contribution < -0.4 is 0 Å². The van der Waals surface area contributed by atoms with Crippen molar-refractivity contribution in [1.82, 2.24) is 9.55 Å².